The van der Waals surface area contributed by atoms with Crippen molar-refractivity contribution in [1.29, 1.82) is 0 Å². The molecule has 3 rings (SSSR count). The molecule has 2 aliphatic heterocycles. The van der Waals surface area contributed by atoms with Crippen LogP contribution in [-0.2, 0) is 20.7 Å². The second-order valence-electron chi connectivity index (χ2n) is 6.48. The number of aryl methyl sites for hydroxylation is 1. The fourth-order valence-corrected chi connectivity index (χ4v) is 4.55. The third kappa shape index (κ3) is 4.03. The number of amides is 2. The summed E-state index contributed by atoms with van der Waals surface area (Å²) in [5, 5.41) is 0. The first-order valence-electron chi connectivity index (χ1n) is 9.19. The van der Waals surface area contributed by atoms with Gasteiger partial charge in [-0.05, 0) is 49.6 Å². The average molecular weight is 388 g/mol. The van der Waals surface area contributed by atoms with Crippen molar-refractivity contribution in [1.82, 2.24) is 4.90 Å². The van der Waals surface area contributed by atoms with E-state index >= 15 is 0 Å². The van der Waals surface area contributed by atoms with Crippen LogP contribution < -0.4 is 4.90 Å². The molecule has 0 N–H and O–H groups in total. The summed E-state index contributed by atoms with van der Waals surface area (Å²) in [6.45, 7) is 6.79. The first kappa shape index (κ1) is 19.5. The molecule has 0 radical (unpaired) electrons. The van der Waals surface area contributed by atoms with Gasteiger partial charge in [0.15, 0.2) is 0 Å². The molecule has 0 bridgehead atoms. The van der Waals surface area contributed by atoms with Gasteiger partial charge in [-0.15, -0.1) is 0 Å². The molecule has 7 heteroatoms. The molecule has 1 atom stereocenters. The number of ether oxygens (including phenoxy) is 1. The van der Waals surface area contributed by atoms with E-state index in [0.29, 0.717) is 31.0 Å². The van der Waals surface area contributed by atoms with Crippen molar-refractivity contribution in [2.24, 2.45) is 0 Å². The van der Waals surface area contributed by atoms with E-state index < -0.39 is 6.04 Å². The van der Waals surface area contributed by atoms with Gasteiger partial charge in [-0.3, -0.25) is 9.59 Å². The van der Waals surface area contributed by atoms with Gasteiger partial charge in [0.05, 0.1) is 6.61 Å². The van der Waals surface area contributed by atoms with Crippen LogP contribution in [0.2, 0.25) is 0 Å². The number of esters is 1. The lowest BCUT2D eigenvalue weighted by Crippen LogP contribution is -2.51. The quantitative estimate of drug-likeness (QED) is 0.585. The number of nitrogens with zero attached hydrogens (tertiary/aromatic N) is 2. The van der Waals surface area contributed by atoms with Crippen molar-refractivity contribution < 1.29 is 19.1 Å². The average Bonchev–Trinajstić information content (AvgIpc) is 2.72. The second kappa shape index (κ2) is 8.61. The summed E-state index contributed by atoms with van der Waals surface area (Å²) in [6, 6.07) is 4.86. The Labute approximate surface area is 163 Å². The molecule has 1 aromatic rings. The summed E-state index contributed by atoms with van der Waals surface area (Å²) < 4.78 is 5.14. The SMILES string of the molecule is C=CC(=O)N1CCCc2cc(C(=O)N3CCSCC3C(=O)OCC)ccc21. The molecule has 2 heterocycles. The van der Waals surface area contributed by atoms with E-state index in [2.05, 4.69) is 6.58 Å². The number of hydrogen-bond donors (Lipinski definition) is 0. The van der Waals surface area contributed by atoms with Crippen LogP contribution in [0.5, 0.6) is 0 Å². The summed E-state index contributed by atoms with van der Waals surface area (Å²) in [6.07, 6.45) is 2.97. The minimum atomic E-state index is -0.550. The van der Waals surface area contributed by atoms with E-state index in [9.17, 15) is 14.4 Å². The van der Waals surface area contributed by atoms with Gasteiger partial charge >= 0.3 is 5.97 Å². The highest BCUT2D eigenvalue weighted by atomic mass is 32.2. The van der Waals surface area contributed by atoms with Crippen LogP contribution in [0, 0.1) is 0 Å². The lowest BCUT2D eigenvalue weighted by atomic mass is 9.98. The van der Waals surface area contributed by atoms with Crippen LogP contribution in [0.1, 0.15) is 29.3 Å². The van der Waals surface area contributed by atoms with E-state index in [1.807, 2.05) is 12.1 Å². The van der Waals surface area contributed by atoms with E-state index in [1.54, 1.807) is 34.6 Å². The molecule has 0 aliphatic carbocycles. The molecule has 6 nitrogen and oxygen atoms in total. The van der Waals surface area contributed by atoms with E-state index in [0.717, 1.165) is 29.8 Å². The molecule has 1 saturated heterocycles. The van der Waals surface area contributed by atoms with Crippen LogP contribution in [0.4, 0.5) is 5.69 Å². The van der Waals surface area contributed by atoms with Gasteiger partial charge in [-0.2, -0.15) is 11.8 Å². The minimum absolute atomic E-state index is 0.134. The lowest BCUT2D eigenvalue weighted by Gasteiger charge is -2.34. The largest absolute Gasteiger partial charge is 0.464 e. The zero-order valence-electron chi connectivity index (χ0n) is 15.5. The predicted octanol–water partition coefficient (Wildman–Crippen LogP) is 2.27. The first-order chi connectivity index (χ1) is 13.1. The van der Waals surface area contributed by atoms with Crippen LogP contribution in [-0.4, -0.2) is 59.9 Å². The summed E-state index contributed by atoms with van der Waals surface area (Å²) in [4.78, 5) is 40.7. The topological polar surface area (TPSA) is 66.9 Å². The molecule has 0 aromatic heterocycles. The monoisotopic (exact) mass is 388 g/mol. The van der Waals surface area contributed by atoms with Crippen LogP contribution >= 0.6 is 11.8 Å². The predicted molar refractivity (Wildman–Crippen MR) is 106 cm³/mol. The molecule has 0 saturated carbocycles. The van der Waals surface area contributed by atoms with E-state index in [4.69, 9.17) is 4.74 Å². The van der Waals surface area contributed by atoms with Crippen molar-refractivity contribution in [2.75, 3.05) is 36.1 Å². The maximum atomic E-state index is 13.1. The molecule has 0 spiro atoms. The van der Waals surface area contributed by atoms with Gasteiger partial charge in [0.25, 0.3) is 5.91 Å². The van der Waals surface area contributed by atoms with E-state index in [-0.39, 0.29) is 17.8 Å². The maximum absolute atomic E-state index is 13.1. The highest BCUT2D eigenvalue weighted by Gasteiger charge is 2.34. The smallest absolute Gasteiger partial charge is 0.329 e. The van der Waals surface area contributed by atoms with Crippen molar-refractivity contribution in [3.63, 3.8) is 0 Å². The highest BCUT2D eigenvalue weighted by Crippen LogP contribution is 2.29. The minimum Gasteiger partial charge on any atom is -0.464 e. The number of thioether (sulfide) groups is 1. The van der Waals surface area contributed by atoms with Gasteiger partial charge < -0.3 is 14.5 Å². The van der Waals surface area contributed by atoms with Crippen LogP contribution in [0.3, 0.4) is 0 Å². The van der Waals surface area contributed by atoms with Crippen LogP contribution in [0.15, 0.2) is 30.9 Å². The number of hydrogen-bond acceptors (Lipinski definition) is 5. The second-order valence-corrected chi connectivity index (χ2v) is 7.63. The number of benzene rings is 1. The molecule has 1 fully saturated rings. The molecule has 1 aromatic carbocycles. The first-order valence-corrected chi connectivity index (χ1v) is 10.3. The van der Waals surface area contributed by atoms with Crippen molar-refractivity contribution in [3.05, 3.63) is 42.0 Å². The number of carbonyl (C=O) groups is 3. The van der Waals surface area contributed by atoms with Crippen molar-refractivity contribution >= 4 is 35.2 Å². The Kier molecular flexibility index (Phi) is 6.21. The summed E-state index contributed by atoms with van der Waals surface area (Å²) in [5.74, 6) is 0.707. The molecular formula is C20H24N2O4S. The molecule has 2 aliphatic rings. The van der Waals surface area contributed by atoms with Gasteiger partial charge in [-0.25, -0.2) is 4.79 Å². The third-order valence-electron chi connectivity index (χ3n) is 4.83. The van der Waals surface area contributed by atoms with Gasteiger partial charge in [0.2, 0.25) is 5.91 Å². The standard InChI is InChI=1S/C20H24N2O4S/c1-3-18(23)21-9-5-6-14-12-15(7-8-16(14)21)19(24)22-10-11-27-13-17(22)20(25)26-4-2/h3,7-8,12,17H,1,4-6,9-11,13H2,2H3. The van der Waals surface area contributed by atoms with Gasteiger partial charge in [0.1, 0.15) is 6.04 Å². The molecule has 1 unspecified atom stereocenters. The third-order valence-corrected chi connectivity index (χ3v) is 5.86. The Balaban J connectivity index is 1.85. The lowest BCUT2D eigenvalue weighted by molar-refractivity contribution is -0.147. The Morgan fingerprint density at radius 2 is 2.15 bits per heavy atom. The van der Waals surface area contributed by atoms with Crippen LogP contribution in [0.25, 0.3) is 0 Å². The normalized spacial score (nSPS) is 19.2. The fourth-order valence-electron chi connectivity index (χ4n) is 3.52. The molecular weight excluding hydrogens is 364 g/mol. The molecule has 2 amide bonds. The number of rotatable bonds is 4. The summed E-state index contributed by atoms with van der Waals surface area (Å²) in [5.41, 5.74) is 2.35. The Hall–Kier alpha value is -2.28. The Morgan fingerprint density at radius 1 is 1.33 bits per heavy atom. The number of anilines is 1. The number of fused-ring (bicyclic) bond motifs is 1. The zero-order valence-corrected chi connectivity index (χ0v) is 16.3. The highest BCUT2D eigenvalue weighted by molar-refractivity contribution is 7.99. The van der Waals surface area contributed by atoms with Gasteiger partial charge in [0, 0.05) is 35.8 Å². The fraction of sp³-hybridized carbons (Fsp3) is 0.450. The van der Waals surface area contributed by atoms with Crippen molar-refractivity contribution in [2.45, 2.75) is 25.8 Å². The number of carbonyl (C=O) groups excluding carboxylic acids is 3. The summed E-state index contributed by atoms with van der Waals surface area (Å²) in [7, 11) is 0. The van der Waals surface area contributed by atoms with E-state index in [1.165, 1.54) is 6.08 Å². The zero-order chi connectivity index (χ0) is 19.4. The molecule has 144 valence electrons. The summed E-state index contributed by atoms with van der Waals surface area (Å²) >= 11 is 1.65. The maximum Gasteiger partial charge on any atom is 0.329 e. The molecule has 27 heavy (non-hydrogen) atoms. The Morgan fingerprint density at radius 3 is 2.89 bits per heavy atom. The Bertz CT molecular complexity index is 764. The van der Waals surface area contributed by atoms with Gasteiger partial charge in [-0.1, -0.05) is 6.58 Å². The van der Waals surface area contributed by atoms with Crippen molar-refractivity contribution in [3.8, 4) is 0 Å².